The zero-order valence-corrected chi connectivity index (χ0v) is 14.5. The third-order valence-electron chi connectivity index (χ3n) is 4.72. The summed E-state index contributed by atoms with van der Waals surface area (Å²) in [6.45, 7) is 4.70. The number of nitrogens with zero attached hydrogens (tertiary/aromatic N) is 3. The smallest absolute Gasteiger partial charge is 0.308 e. The maximum absolute atomic E-state index is 11.6. The van der Waals surface area contributed by atoms with E-state index in [0.717, 1.165) is 62.0 Å². The fourth-order valence-electron chi connectivity index (χ4n) is 3.33. The molecule has 0 atom stereocenters. The number of likely N-dealkylation sites (tertiary alicyclic amines) is 1. The number of piperidine rings is 1. The Morgan fingerprint density at radius 2 is 2.12 bits per heavy atom. The Morgan fingerprint density at radius 3 is 2.83 bits per heavy atom. The highest BCUT2D eigenvalue weighted by molar-refractivity contribution is 5.78. The molecular weight excluding hydrogens is 302 g/mol. The van der Waals surface area contributed by atoms with Crippen LogP contribution in [0.15, 0.2) is 24.4 Å². The van der Waals surface area contributed by atoms with E-state index in [1.54, 1.807) is 0 Å². The van der Waals surface area contributed by atoms with Crippen LogP contribution >= 0.6 is 0 Å². The van der Waals surface area contributed by atoms with Crippen LogP contribution in [-0.4, -0.2) is 41.0 Å². The summed E-state index contributed by atoms with van der Waals surface area (Å²) in [6.07, 6.45) is 5.86. The van der Waals surface area contributed by atoms with E-state index < -0.39 is 0 Å². The molecule has 0 radical (unpaired) electrons. The van der Waals surface area contributed by atoms with Gasteiger partial charge in [-0.25, -0.2) is 9.97 Å². The quantitative estimate of drug-likeness (QED) is 0.790. The van der Waals surface area contributed by atoms with Gasteiger partial charge in [0.25, 0.3) is 0 Å². The van der Waals surface area contributed by atoms with Gasteiger partial charge < -0.3 is 4.74 Å². The molecule has 2 aromatic rings. The molecule has 0 aliphatic carbocycles. The standard InChI is InChI=1S/C19H25N3O2/c1-3-4-14-5-6-17-16(11-14)12-20-18(21-17)13-22-9-7-15(8-10-22)19(23)24-2/h5-6,11-12,15H,3-4,7-10,13H2,1-2H3. The molecule has 5 nitrogen and oxygen atoms in total. The summed E-state index contributed by atoms with van der Waals surface area (Å²) >= 11 is 0. The van der Waals surface area contributed by atoms with Crippen LogP contribution in [0.4, 0.5) is 0 Å². The number of aryl methyl sites for hydroxylation is 1. The molecule has 1 aliphatic heterocycles. The lowest BCUT2D eigenvalue weighted by Crippen LogP contribution is -2.36. The summed E-state index contributed by atoms with van der Waals surface area (Å²) in [5.74, 6) is 0.808. The molecule has 128 valence electrons. The molecule has 1 aromatic carbocycles. The van der Waals surface area contributed by atoms with Gasteiger partial charge in [0.2, 0.25) is 0 Å². The van der Waals surface area contributed by atoms with Gasteiger partial charge in [0.05, 0.1) is 25.1 Å². The van der Waals surface area contributed by atoms with Crippen molar-refractivity contribution >= 4 is 16.9 Å². The maximum atomic E-state index is 11.6. The number of esters is 1. The van der Waals surface area contributed by atoms with Gasteiger partial charge in [-0.15, -0.1) is 0 Å². The minimum Gasteiger partial charge on any atom is -0.469 e. The average Bonchev–Trinajstić information content (AvgIpc) is 2.62. The van der Waals surface area contributed by atoms with Crippen molar-refractivity contribution in [3.8, 4) is 0 Å². The largest absolute Gasteiger partial charge is 0.469 e. The Bertz CT molecular complexity index is 709. The molecule has 1 aromatic heterocycles. The van der Waals surface area contributed by atoms with Gasteiger partial charge in [0.1, 0.15) is 5.82 Å². The van der Waals surface area contributed by atoms with Gasteiger partial charge in [-0.2, -0.15) is 0 Å². The zero-order valence-electron chi connectivity index (χ0n) is 14.5. The van der Waals surface area contributed by atoms with E-state index in [1.165, 1.54) is 12.7 Å². The van der Waals surface area contributed by atoms with Crippen LogP contribution in [-0.2, 0) is 22.5 Å². The SMILES string of the molecule is CCCc1ccc2nc(CN3CCC(C(=O)OC)CC3)ncc2c1. The maximum Gasteiger partial charge on any atom is 0.308 e. The molecular formula is C19H25N3O2. The van der Waals surface area contributed by atoms with E-state index in [0.29, 0.717) is 0 Å². The Morgan fingerprint density at radius 1 is 1.33 bits per heavy atom. The third-order valence-corrected chi connectivity index (χ3v) is 4.72. The number of ether oxygens (including phenoxy) is 1. The van der Waals surface area contributed by atoms with Crippen molar-refractivity contribution in [2.45, 2.75) is 39.2 Å². The molecule has 24 heavy (non-hydrogen) atoms. The number of benzene rings is 1. The molecule has 0 bridgehead atoms. The van der Waals surface area contributed by atoms with E-state index >= 15 is 0 Å². The first-order chi connectivity index (χ1) is 11.7. The van der Waals surface area contributed by atoms with Crippen molar-refractivity contribution in [2.24, 2.45) is 5.92 Å². The number of hydrogen-bond donors (Lipinski definition) is 0. The van der Waals surface area contributed by atoms with Gasteiger partial charge in [0.15, 0.2) is 0 Å². The van der Waals surface area contributed by atoms with Gasteiger partial charge in [-0.1, -0.05) is 19.4 Å². The van der Waals surface area contributed by atoms with Crippen molar-refractivity contribution in [2.75, 3.05) is 20.2 Å². The van der Waals surface area contributed by atoms with Crippen LogP contribution < -0.4 is 0 Å². The Labute approximate surface area is 143 Å². The Hall–Kier alpha value is -2.01. The summed E-state index contributed by atoms with van der Waals surface area (Å²) < 4.78 is 4.84. The summed E-state index contributed by atoms with van der Waals surface area (Å²) in [5.41, 5.74) is 2.34. The fraction of sp³-hybridized carbons (Fsp3) is 0.526. The van der Waals surface area contributed by atoms with Crippen LogP contribution in [0.25, 0.3) is 10.9 Å². The van der Waals surface area contributed by atoms with E-state index in [-0.39, 0.29) is 11.9 Å². The number of rotatable bonds is 5. The molecule has 0 amide bonds. The third kappa shape index (κ3) is 3.90. The second-order valence-corrected chi connectivity index (χ2v) is 6.50. The Kier molecular flexibility index (Phi) is 5.41. The number of fused-ring (bicyclic) bond motifs is 1. The summed E-state index contributed by atoms with van der Waals surface area (Å²) in [6, 6.07) is 6.43. The lowest BCUT2D eigenvalue weighted by atomic mass is 9.97. The van der Waals surface area contributed by atoms with Gasteiger partial charge in [-0.05, 0) is 50.0 Å². The molecule has 1 aliphatic rings. The van der Waals surface area contributed by atoms with Gasteiger partial charge in [0, 0.05) is 11.6 Å². The van der Waals surface area contributed by atoms with Crippen molar-refractivity contribution in [3.63, 3.8) is 0 Å². The molecule has 0 spiro atoms. The van der Waals surface area contributed by atoms with Crippen LogP contribution in [0.1, 0.15) is 37.6 Å². The number of aromatic nitrogens is 2. The Balaban J connectivity index is 1.63. The molecule has 5 heteroatoms. The first-order valence-electron chi connectivity index (χ1n) is 8.74. The normalized spacial score (nSPS) is 16.4. The predicted octanol–water partition coefficient (Wildman–Crippen LogP) is 2.97. The topological polar surface area (TPSA) is 55.3 Å². The monoisotopic (exact) mass is 327 g/mol. The second kappa shape index (κ2) is 7.71. The summed E-state index contributed by atoms with van der Waals surface area (Å²) in [4.78, 5) is 23.1. The van der Waals surface area contributed by atoms with Crippen LogP contribution in [0.3, 0.4) is 0 Å². The lowest BCUT2D eigenvalue weighted by Gasteiger charge is -2.29. The first-order valence-corrected chi connectivity index (χ1v) is 8.74. The van der Waals surface area contributed by atoms with E-state index in [1.807, 2.05) is 6.20 Å². The van der Waals surface area contributed by atoms with Crippen molar-refractivity contribution in [3.05, 3.63) is 35.8 Å². The van der Waals surface area contributed by atoms with Gasteiger partial charge >= 0.3 is 5.97 Å². The number of carbonyl (C=O) groups is 1. The van der Waals surface area contributed by atoms with E-state index in [2.05, 4.69) is 35.0 Å². The highest BCUT2D eigenvalue weighted by Crippen LogP contribution is 2.20. The molecule has 0 N–H and O–H groups in total. The predicted molar refractivity (Wildman–Crippen MR) is 93.6 cm³/mol. The van der Waals surface area contributed by atoms with E-state index in [4.69, 9.17) is 9.72 Å². The first kappa shape index (κ1) is 16.8. The number of methoxy groups -OCH3 is 1. The zero-order chi connectivity index (χ0) is 16.9. The lowest BCUT2D eigenvalue weighted by molar-refractivity contribution is -0.147. The highest BCUT2D eigenvalue weighted by atomic mass is 16.5. The minimum atomic E-state index is -0.0838. The van der Waals surface area contributed by atoms with Crippen LogP contribution in [0, 0.1) is 5.92 Å². The number of carbonyl (C=O) groups excluding carboxylic acids is 1. The minimum absolute atomic E-state index is 0.0424. The molecule has 2 heterocycles. The van der Waals surface area contributed by atoms with Crippen LogP contribution in [0.2, 0.25) is 0 Å². The number of hydrogen-bond acceptors (Lipinski definition) is 5. The van der Waals surface area contributed by atoms with Crippen molar-refractivity contribution < 1.29 is 9.53 Å². The van der Waals surface area contributed by atoms with Gasteiger partial charge in [-0.3, -0.25) is 9.69 Å². The molecule has 1 fully saturated rings. The fourth-order valence-corrected chi connectivity index (χ4v) is 3.33. The van der Waals surface area contributed by atoms with E-state index in [9.17, 15) is 4.79 Å². The second-order valence-electron chi connectivity index (χ2n) is 6.50. The average molecular weight is 327 g/mol. The molecule has 0 unspecified atom stereocenters. The van der Waals surface area contributed by atoms with Crippen molar-refractivity contribution in [1.29, 1.82) is 0 Å². The van der Waals surface area contributed by atoms with Crippen molar-refractivity contribution in [1.82, 2.24) is 14.9 Å². The summed E-state index contributed by atoms with van der Waals surface area (Å²) in [7, 11) is 1.46. The highest BCUT2D eigenvalue weighted by Gasteiger charge is 2.25. The molecule has 0 saturated carbocycles. The molecule has 3 rings (SSSR count). The summed E-state index contributed by atoms with van der Waals surface area (Å²) in [5, 5.41) is 1.11. The molecule has 1 saturated heterocycles. The van der Waals surface area contributed by atoms with Crippen LogP contribution in [0.5, 0.6) is 0 Å².